The third-order valence-corrected chi connectivity index (χ3v) is 3.44. The third kappa shape index (κ3) is 12.2. The maximum Gasteiger partial charge on any atom is 0.0632 e. The van der Waals surface area contributed by atoms with Crippen LogP contribution in [0.5, 0.6) is 0 Å². The normalized spacial score (nSPS) is 14.5. The second-order valence-corrected chi connectivity index (χ2v) is 5.71. The molecule has 0 saturated carbocycles. The SMILES string of the molecule is CCCCC=NCC(/C=C\C(C)CCC)=C/CCCC. The Kier molecular flexibility index (Phi) is 13.9. The molecule has 0 N–H and O–H groups in total. The molecule has 0 amide bonds. The molecule has 0 rings (SSSR count). The largest absolute Gasteiger partial charge is 0.293 e. The van der Waals surface area contributed by atoms with Gasteiger partial charge in [0.2, 0.25) is 0 Å². The van der Waals surface area contributed by atoms with Crippen LogP contribution in [0.15, 0.2) is 28.8 Å². The molecule has 116 valence electrons. The number of nitrogens with zero attached hydrogens (tertiary/aromatic N) is 1. The second kappa shape index (κ2) is 14.6. The summed E-state index contributed by atoms with van der Waals surface area (Å²) in [4.78, 5) is 4.57. The number of hydrogen-bond acceptors (Lipinski definition) is 1. The topological polar surface area (TPSA) is 12.4 Å². The summed E-state index contributed by atoms with van der Waals surface area (Å²) in [5, 5.41) is 0. The van der Waals surface area contributed by atoms with Gasteiger partial charge >= 0.3 is 0 Å². The maximum absolute atomic E-state index is 4.57. The summed E-state index contributed by atoms with van der Waals surface area (Å²) in [6, 6.07) is 0. The summed E-state index contributed by atoms with van der Waals surface area (Å²) in [6.07, 6.45) is 19.0. The highest BCUT2D eigenvalue weighted by Crippen LogP contribution is 2.10. The predicted octanol–water partition coefficient (Wildman–Crippen LogP) is 6.36. The molecule has 1 heteroatoms. The zero-order chi connectivity index (χ0) is 15.1. The van der Waals surface area contributed by atoms with Crippen molar-refractivity contribution in [1.29, 1.82) is 0 Å². The van der Waals surface area contributed by atoms with Crippen molar-refractivity contribution in [2.24, 2.45) is 10.9 Å². The van der Waals surface area contributed by atoms with Crippen LogP contribution in [0.4, 0.5) is 0 Å². The van der Waals surface area contributed by atoms with Crippen molar-refractivity contribution in [3.63, 3.8) is 0 Å². The fourth-order valence-electron chi connectivity index (χ4n) is 2.07. The minimum Gasteiger partial charge on any atom is -0.293 e. The molecule has 0 aliphatic heterocycles. The summed E-state index contributed by atoms with van der Waals surface area (Å²) in [5.74, 6) is 0.679. The lowest BCUT2D eigenvalue weighted by atomic mass is 10.0. The molecule has 0 fully saturated rings. The lowest BCUT2D eigenvalue weighted by molar-refractivity contribution is 0.633. The fraction of sp³-hybridized carbons (Fsp3) is 0.737. The first kappa shape index (κ1) is 19.1. The zero-order valence-corrected chi connectivity index (χ0v) is 14.2. The number of allylic oxidation sites excluding steroid dienone is 2. The van der Waals surface area contributed by atoms with Crippen LogP contribution in [0.25, 0.3) is 0 Å². The van der Waals surface area contributed by atoms with Crippen molar-refractivity contribution in [2.75, 3.05) is 6.54 Å². The molecule has 0 heterocycles. The average molecular weight is 277 g/mol. The Morgan fingerprint density at radius 2 is 1.70 bits per heavy atom. The molecule has 0 aromatic heterocycles. The van der Waals surface area contributed by atoms with E-state index in [4.69, 9.17) is 0 Å². The van der Waals surface area contributed by atoms with Crippen LogP contribution in [0, 0.1) is 5.92 Å². The Bertz CT molecular complexity index is 286. The van der Waals surface area contributed by atoms with Gasteiger partial charge in [-0.3, -0.25) is 4.99 Å². The van der Waals surface area contributed by atoms with Crippen LogP contribution in [-0.4, -0.2) is 12.8 Å². The molecule has 1 unspecified atom stereocenters. The minimum atomic E-state index is 0.679. The minimum absolute atomic E-state index is 0.679. The molecular weight excluding hydrogens is 242 g/mol. The van der Waals surface area contributed by atoms with Gasteiger partial charge in [-0.25, -0.2) is 0 Å². The van der Waals surface area contributed by atoms with Crippen LogP contribution in [-0.2, 0) is 0 Å². The molecule has 0 radical (unpaired) electrons. The first-order valence-electron chi connectivity index (χ1n) is 8.60. The maximum atomic E-state index is 4.57. The molecule has 1 nitrogen and oxygen atoms in total. The molecule has 0 bridgehead atoms. The number of unbranched alkanes of at least 4 members (excludes halogenated alkanes) is 4. The zero-order valence-electron chi connectivity index (χ0n) is 14.2. The number of hydrogen-bond donors (Lipinski definition) is 0. The van der Waals surface area contributed by atoms with Crippen LogP contribution in [0.3, 0.4) is 0 Å². The highest BCUT2D eigenvalue weighted by molar-refractivity contribution is 5.57. The van der Waals surface area contributed by atoms with E-state index in [0.29, 0.717) is 5.92 Å². The van der Waals surface area contributed by atoms with Crippen LogP contribution >= 0.6 is 0 Å². The lowest BCUT2D eigenvalue weighted by Gasteiger charge is -2.04. The highest BCUT2D eigenvalue weighted by atomic mass is 14.7. The lowest BCUT2D eigenvalue weighted by Crippen LogP contribution is -1.91. The first-order chi connectivity index (χ1) is 9.74. The molecule has 20 heavy (non-hydrogen) atoms. The Hall–Kier alpha value is -0.850. The standard InChI is InChI=1S/C19H35N/c1-5-8-10-13-19(15-14-18(4)12-7-3)17-20-16-11-9-6-2/h13-16,18H,5-12,17H2,1-4H3/b15-14-,19-13+,20-16?. The van der Waals surface area contributed by atoms with Crippen molar-refractivity contribution in [3.05, 3.63) is 23.8 Å². The van der Waals surface area contributed by atoms with Crippen molar-refractivity contribution in [3.8, 4) is 0 Å². The molecule has 0 aromatic rings. The average Bonchev–Trinajstić information content (AvgIpc) is 2.44. The van der Waals surface area contributed by atoms with E-state index in [1.807, 2.05) is 0 Å². The van der Waals surface area contributed by atoms with Gasteiger partial charge in [-0.2, -0.15) is 0 Å². The second-order valence-electron chi connectivity index (χ2n) is 5.71. The van der Waals surface area contributed by atoms with Crippen molar-refractivity contribution >= 4 is 6.21 Å². The van der Waals surface area contributed by atoms with Crippen molar-refractivity contribution < 1.29 is 0 Å². The van der Waals surface area contributed by atoms with Gasteiger partial charge in [-0.15, -0.1) is 0 Å². The molecule has 0 spiro atoms. The molecule has 0 aromatic carbocycles. The number of aliphatic imine (C=N–C) groups is 1. The third-order valence-electron chi connectivity index (χ3n) is 3.44. The Labute approximate surface area is 127 Å². The van der Waals surface area contributed by atoms with Gasteiger partial charge in [0.05, 0.1) is 6.54 Å². The Morgan fingerprint density at radius 3 is 2.35 bits per heavy atom. The molecule has 0 aliphatic rings. The first-order valence-corrected chi connectivity index (χ1v) is 8.60. The Balaban J connectivity index is 4.33. The van der Waals surface area contributed by atoms with E-state index < -0.39 is 0 Å². The summed E-state index contributed by atoms with van der Waals surface area (Å²) >= 11 is 0. The van der Waals surface area contributed by atoms with Crippen molar-refractivity contribution in [2.45, 2.75) is 79.1 Å². The van der Waals surface area contributed by atoms with E-state index in [9.17, 15) is 0 Å². The van der Waals surface area contributed by atoms with Crippen LogP contribution in [0.1, 0.15) is 79.1 Å². The van der Waals surface area contributed by atoms with E-state index in [1.165, 1.54) is 50.5 Å². The summed E-state index contributed by atoms with van der Waals surface area (Å²) in [5.41, 5.74) is 1.38. The highest BCUT2D eigenvalue weighted by Gasteiger charge is 1.96. The fourth-order valence-corrected chi connectivity index (χ4v) is 2.07. The van der Waals surface area contributed by atoms with Gasteiger partial charge < -0.3 is 0 Å². The van der Waals surface area contributed by atoms with E-state index in [0.717, 1.165) is 13.0 Å². The quantitative estimate of drug-likeness (QED) is 0.224. The van der Waals surface area contributed by atoms with Gasteiger partial charge in [0.25, 0.3) is 0 Å². The monoisotopic (exact) mass is 277 g/mol. The predicted molar refractivity (Wildman–Crippen MR) is 93.7 cm³/mol. The Morgan fingerprint density at radius 1 is 1.00 bits per heavy atom. The van der Waals surface area contributed by atoms with Gasteiger partial charge in [0.15, 0.2) is 0 Å². The molecule has 1 atom stereocenters. The molecular formula is C19H35N. The van der Waals surface area contributed by atoms with E-state index in [1.54, 1.807) is 0 Å². The van der Waals surface area contributed by atoms with Crippen molar-refractivity contribution in [1.82, 2.24) is 0 Å². The van der Waals surface area contributed by atoms with Crippen LogP contribution in [0.2, 0.25) is 0 Å². The van der Waals surface area contributed by atoms with E-state index in [-0.39, 0.29) is 0 Å². The smallest absolute Gasteiger partial charge is 0.0632 e. The number of rotatable bonds is 12. The van der Waals surface area contributed by atoms with E-state index >= 15 is 0 Å². The van der Waals surface area contributed by atoms with Gasteiger partial charge in [0.1, 0.15) is 0 Å². The van der Waals surface area contributed by atoms with Gasteiger partial charge in [-0.1, -0.05) is 71.6 Å². The van der Waals surface area contributed by atoms with Gasteiger partial charge in [-0.05, 0) is 43.4 Å². The van der Waals surface area contributed by atoms with Crippen LogP contribution < -0.4 is 0 Å². The van der Waals surface area contributed by atoms with E-state index in [2.05, 4.69) is 57.1 Å². The summed E-state index contributed by atoms with van der Waals surface area (Å²) in [7, 11) is 0. The summed E-state index contributed by atoms with van der Waals surface area (Å²) < 4.78 is 0. The van der Waals surface area contributed by atoms with Gasteiger partial charge in [0, 0.05) is 0 Å². The summed E-state index contributed by atoms with van der Waals surface area (Å²) in [6.45, 7) is 9.87. The molecule has 0 aliphatic carbocycles. The molecule has 0 saturated heterocycles.